The van der Waals surface area contributed by atoms with Crippen molar-refractivity contribution in [3.05, 3.63) is 36.0 Å². The zero-order valence-corrected chi connectivity index (χ0v) is 14.0. The van der Waals surface area contributed by atoms with Gasteiger partial charge in [-0.25, -0.2) is 4.79 Å². The zero-order chi connectivity index (χ0) is 16.3. The Balaban J connectivity index is 2.25. The van der Waals surface area contributed by atoms with Crippen LogP contribution in [0.4, 0.5) is 0 Å². The Hall–Kier alpha value is -1.35. The average Bonchev–Trinajstić information content (AvgIpc) is 2.44. The molecular formula is C19H28O3. The van der Waals surface area contributed by atoms with Crippen molar-refractivity contribution < 1.29 is 14.6 Å². The van der Waals surface area contributed by atoms with Crippen LogP contribution in [-0.4, -0.2) is 24.3 Å². The summed E-state index contributed by atoms with van der Waals surface area (Å²) in [5, 5.41) is 8.68. The predicted molar refractivity (Wildman–Crippen MR) is 88.5 cm³/mol. The number of rotatable bonds is 4. The molecule has 1 N–H and O–H groups in total. The summed E-state index contributed by atoms with van der Waals surface area (Å²) in [7, 11) is 1.81. The molecular weight excluding hydrogens is 276 g/mol. The highest BCUT2D eigenvalue weighted by atomic mass is 16.5. The number of hydrogen-bond donors (Lipinski definition) is 1. The number of carboxylic acid groups (broad SMARTS) is 1. The molecule has 3 nitrogen and oxygen atoms in total. The fraction of sp³-hybridized carbons (Fsp3) is 0.632. The fourth-order valence-electron chi connectivity index (χ4n) is 4.55. The molecule has 0 aromatic rings. The van der Waals surface area contributed by atoms with Gasteiger partial charge < -0.3 is 9.84 Å². The predicted octanol–water partition coefficient (Wildman–Crippen LogP) is 4.07. The molecule has 2 aliphatic carbocycles. The molecule has 0 saturated heterocycles. The Morgan fingerprint density at radius 1 is 1.32 bits per heavy atom. The van der Waals surface area contributed by atoms with E-state index in [4.69, 9.17) is 9.84 Å². The van der Waals surface area contributed by atoms with E-state index in [0.717, 1.165) is 5.92 Å². The Bertz CT molecular complexity index is 489. The molecule has 6 atom stereocenters. The van der Waals surface area contributed by atoms with Crippen LogP contribution in [0.1, 0.15) is 33.6 Å². The summed E-state index contributed by atoms with van der Waals surface area (Å²) in [6, 6.07) is 0. The van der Waals surface area contributed by atoms with Crippen LogP contribution in [0.3, 0.4) is 0 Å². The van der Waals surface area contributed by atoms with Crippen LogP contribution in [0.2, 0.25) is 0 Å². The number of hydrogen-bond acceptors (Lipinski definition) is 2. The van der Waals surface area contributed by atoms with Crippen molar-refractivity contribution in [3.63, 3.8) is 0 Å². The smallest absolute Gasteiger partial charge is 0.328 e. The summed E-state index contributed by atoms with van der Waals surface area (Å²) in [5.74, 6) is 2.03. The van der Waals surface area contributed by atoms with Gasteiger partial charge in [0.25, 0.3) is 0 Å². The van der Waals surface area contributed by atoms with Crippen LogP contribution in [0.5, 0.6) is 0 Å². The first-order valence-electron chi connectivity index (χ1n) is 8.23. The van der Waals surface area contributed by atoms with Gasteiger partial charge in [0.2, 0.25) is 0 Å². The lowest BCUT2D eigenvalue weighted by Crippen LogP contribution is -2.44. The third-order valence-electron chi connectivity index (χ3n) is 5.33. The summed E-state index contributed by atoms with van der Waals surface area (Å²) < 4.78 is 5.74. The van der Waals surface area contributed by atoms with Crippen molar-refractivity contribution in [2.45, 2.75) is 39.7 Å². The molecule has 3 heteroatoms. The second-order valence-electron chi connectivity index (χ2n) is 7.01. The first-order valence-corrected chi connectivity index (χ1v) is 8.23. The number of aliphatic carboxylic acids is 1. The van der Waals surface area contributed by atoms with Gasteiger partial charge in [0.15, 0.2) is 0 Å². The number of methoxy groups -OCH3 is 1. The standard InChI is InChI=1S/C19H28O3/c1-12-9-14(3)19-15(7-5-6-8-18(20)21)13(2)11-17(22-4)16(19)10-12/h5-8,11-12,14-17,19H,9-10H2,1-4H3,(H,20,21). The maximum atomic E-state index is 10.6. The molecule has 0 spiro atoms. The highest BCUT2D eigenvalue weighted by Crippen LogP contribution is 2.49. The number of ether oxygens (including phenoxy) is 1. The Morgan fingerprint density at radius 2 is 2.05 bits per heavy atom. The topological polar surface area (TPSA) is 46.5 Å². The third-order valence-corrected chi connectivity index (χ3v) is 5.33. The van der Waals surface area contributed by atoms with Crippen LogP contribution < -0.4 is 0 Å². The van der Waals surface area contributed by atoms with E-state index in [1.54, 1.807) is 13.2 Å². The summed E-state index contributed by atoms with van der Waals surface area (Å²) in [5.41, 5.74) is 1.34. The fourth-order valence-corrected chi connectivity index (χ4v) is 4.55. The largest absolute Gasteiger partial charge is 0.478 e. The van der Waals surface area contributed by atoms with Gasteiger partial charge in [0, 0.05) is 19.1 Å². The number of allylic oxidation sites excluding steroid dienone is 4. The van der Waals surface area contributed by atoms with E-state index in [1.165, 1.54) is 24.5 Å². The second-order valence-corrected chi connectivity index (χ2v) is 7.01. The van der Waals surface area contributed by atoms with Crippen molar-refractivity contribution in [1.82, 2.24) is 0 Å². The minimum absolute atomic E-state index is 0.217. The minimum Gasteiger partial charge on any atom is -0.478 e. The van der Waals surface area contributed by atoms with Crippen LogP contribution in [0.15, 0.2) is 36.0 Å². The summed E-state index contributed by atoms with van der Waals surface area (Å²) in [6.45, 7) is 6.86. The molecule has 1 fully saturated rings. The summed E-state index contributed by atoms with van der Waals surface area (Å²) in [4.78, 5) is 10.6. The van der Waals surface area contributed by atoms with Gasteiger partial charge in [-0.1, -0.05) is 43.7 Å². The average molecular weight is 304 g/mol. The second kappa shape index (κ2) is 7.28. The van der Waals surface area contributed by atoms with Crippen LogP contribution in [0.25, 0.3) is 0 Å². The molecule has 0 aromatic carbocycles. The normalized spacial score (nSPS) is 39.0. The van der Waals surface area contributed by atoms with Crippen LogP contribution in [0, 0.1) is 29.6 Å². The summed E-state index contributed by atoms with van der Waals surface area (Å²) in [6.07, 6.45) is 11.8. The van der Waals surface area contributed by atoms with Crippen molar-refractivity contribution in [3.8, 4) is 0 Å². The maximum absolute atomic E-state index is 10.6. The van der Waals surface area contributed by atoms with E-state index in [-0.39, 0.29) is 6.10 Å². The number of fused-ring (bicyclic) bond motifs is 1. The molecule has 6 unspecified atom stereocenters. The van der Waals surface area contributed by atoms with E-state index in [0.29, 0.717) is 23.7 Å². The van der Waals surface area contributed by atoms with Crippen molar-refractivity contribution >= 4 is 5.97 Å². The van der Waals surface area contributed by atoms with Gasteiger partial charge in [0.1, 0.15) is 0 Å². The molecule has 2 rings (SSSR count). The Morgan fingerprint density at radius 3 is 2.68 bits per heavy atom. The molecule has 0 amide bonds. The van der Waals surface area contributed by atoms with Gasteiger partial charge in [-0.15, -0.1) is 0 Å². The van der Waals surface area contributed by atoms with Gasteiger partial charge in [0.05, 0.1) is 6.10 Å². The lowest BCUT2D eigenvalue weighted by atomic mass is 9.58. The van der Waals surface area contributed by atoms with E-state index in [9.17, 15) is 4.79 Å². The quantitative estimate of drug-likeness (QED) is 0.484. The maximum Gasteiger partial charge on any atom is 0.328 e. The molecule has 0 radical (unpaired) electrons. The lowest BCUT2D eigenvalue weighted by Gasteiger charge is -2.48. The monoisotopic (exact) mass is 304 g/mol. The molecule has 22 heavy (non-hydrogen) atoms. The Labute approximate surface area is 133 Å². The van der Waals surface area contributed by atoms with Crippen molar-refractivity contribution in [1.29, 1.82) is 0 Å². The molecule has 122 valence electrons. The van der Waals surface area contributed by atoms with Gasteiger partial charge in [-0.2, -0.15) is 0 Å². The third kappa shape index (κ3) is 3.70. The van der Waals surface area contributed by atoms with Gasteiger partial charge in [-0.3, -0.25) is 0 Å². The van der Waals surface area contributed by atoms with E-state index >= 15 is 0 Å². The van der Waals surface area contributed by atoms with Crippen molar-refractivity contribution in [2.24, 2.45) is 29.6 Å². The van der Waals surface area contributed by atoms with Crippen LogP contribution in [-0.2, 0) is 9.53 Å². The van der Waals surface area contributed by atoms with Crippen LogP contribution >= 0.6 is 0 Å². The molecule has 0 heterocycles. The molecule has 1 saturated carbocycles. The first-order chi connectivity index (χ1) is 10.4. The first kappa shape index (κ1) is 17.0. The zero-order valence-electron chi connectivity index (χ0n) is 14.0. The minimum atomic E-state index is -0.905. The van der Waals surface area contributed by atoms with E-state index in [1.807, 2.05) is 6.08 Å². The highest BCUT2D eigenvalue weighted by molar-refractivity contribution is 5.80. The molecule has 2 aliphatic rings. The number of carboxylic acids is 1. The molecule has 0 aromatic heterocycles. The van der Waals surface area contributed by atoms with Gasteiger partial charge >= 0.3 is 5.97 Å². The molecule has 0 bridgehead atoms. The SMILES string of the molecule is COC1C=C(C)C(C=CC=CC(=O)O)C2C(C)CC(C)CC12. The highest BCUT2D eigenvalue weighted by Gasteiger charge is 2.44. The number of carbonyl (C=O) groups is 1. The van der Waals surface area contributed by atoms with Crippen molar-refractivity contribution in [2.75, 3.05) is 7.11 Å². The van der Waals surface area contributed by atoms with Gasteiger partial charge in [-0.05, 0) is 43.4 Å². The molecule has 0 aliphatic heterocycles. The van der Waals surface area contributed by atoms with E-state index < -0.39 is 5.97 Å². The lowest BCUT2D eigenvalue weighted by molar-refractivity contribution is -0.131. The van der Waals surface area contributed by atoms with E-state index in [2.05, 4.69) is 32.9 Å². The summed E-state index contributed by atoms with van der Waals surface area (Å²) >= 11 is 0. The Kier molecular flexibility index (Phi) is 5.63.